The van der Waals surface area contributed by atoms with Gasteiger partial charge >= 0.3 is 6.09 Å². The van der Waals surface area contributed by atoms with Gasteiger partial charge in [0.05, 0.1) is 5.69 Å². The number of benzene rings is 3. The van der Waals surface area contributed by atoms with Gasteiger partial charge in [-0.05, 0) is 106 Å². The van der Waals surface area contributed by atoms with Crippen LogP contribution in [0.25, 0.3) is 11.1 Å². The number of nitrogens with one attached hydrogen (secondary N) is 3. The summed E-state index contributed by atoms with van der Waals surface area (Å²) in [6.45, 7) is 6.69. The lowest BCUT2D eigenvalue weighted by molar-refractivity contribution is -0.130. The molecule has 3 aromatic carbocycles. The van der Waals surface area contributed by atoms with Crippen LogP contribution in [-0.2, 0) is 11.2 Å². The molecule has 0 spiro atoms. The highest BCUT2D eigenvalue weighted by Crippen LogP contribution is 2.39. The zero-order chi connectivity index (χ0) is 35.3. The molecule has 0 radical (unpaired) electrons. The molecule has 10 heteroatoms. The third kappa shape index (κ3) is 10.1. The highest BCUT2D eigenvalue weighted by Gasteiger charge is 2.26. The molecule has 2 aliphatic rings. The van der Waals surface area contributed by atoms with E-state index < -0.39 is 6.09 Å². The molecule has 2 aliphatic heterocycles. The number of unbranched alkanes of at least 4 members (excludes halogenated alkanes) is 2. The number of carbonyl (C=O) groups is 3. The molecule has 0 aromatic heterocycles. The molecule has 0 unspecified atom stereocenters. The first-order valence-electron chi connectivity index (χ1n) is 18.3. The van der Waals surface area contributed by atoms with Gasteiger partial charge in [0.25, 0.3) is 5.91 Å². The molecule has 3 aromatic rings. The molecule has 2 heterocycles. The minimum absolute atomic E-state index is 0.139. The third-order valence-electron chi connectivity index (χ3n) is 10.1. The van der Waals surface area contributed by atoms with Crippen molar-refractivity contribution < 1.29 is 19.5 Å². The summed E-state index contributed by atoms with van der Waals surface area (Å²) in [4.78, 5) is 43.7. The molecule has 1 saturated heterocycles. The van der Waals surface area contributed by atoms with Crippen molar-refractivity contribution in [3.05, 3.63) is 83.4 Å². The van der Waals surface area contributed by atoms with E-state index in [0.717, 1.165) is 124 Å². The van der Waals surface area contributed by atoms with E-state index in [1.165, 1.54) is 0 Å². The number of hydrogen-bond acceptors (Lipinski definition) is 6. The van der Waals surface area contributed by atoms with Crippen molar-refractivity contribution in [1.29, 1.82) is 0 Å². The minimum atomic E-state index is -1.05. The maximum atomic E-state index is 12.9. The fraction of sp³-hybridized carbons (Fsp3) is 0.475. The number of piperidine rings is 1. The quantitative estimate of drug-likeness (QED) is 0.123. The second-order valence-electron chi connectivity index (χ2n) is 13.6. The monoisotopic (exact) mass is 682 g/mol. The zero-order valence-electron chi connectivity index (χ0n) is 29.8. The van der Waals surface area contributed by atoms with Crippen molar-refractivity contribution >= 4 is 29.3 Å². The Morgan fingerprint density at radius 2 is 1.68 bits per heavy atom. The van der Waals surface area contributed by atoms with Crippen LogP contribution < -0.4 is 16.0 Å². The lowest BCUT2D eigenvalue weighted by atomic mass is 9.86. The van der Waals surface area contributed by atoms with E-state index in [1.807, 2.05) is 78.5 Å². The van der Waals surface area contributed by atoms with Crippen LogP contribution >= 0.6 is 0 Å². The van der Waals surface area contributed by atoms with E-state index in [1.54, 1.807) is 0 Å². The lowest BCUT2D eigenvalue weighted by Gasteiger charge is -2.34. The van der Waals surface area contributed by atoms with Crippen LogP contribution in [0.4, 0.5) is 16.2 Å². The van der Waals surface area contributed by atoms with Crippen LogP contribution in [-0.4, -0.2) is 104 Å². The molecule has 0 aliphatic carbocycles. The van der Waals surface area contributed by atoms with Crippen LogP contribution in [0.5, 0.6) is 0 Å². The molecular formula is C40H54N6O4. The largest absolute Gasteiger partial charge is 0.465 e. The second kappa shape index (κ2) is 18.5. The van der Waals surface area contributed by atoms with E-state index in [2.05, 4.69) is 33.0 Å². The molecule has 1 fully saturated rings. The summed E-state index contributed by atoms with van der Waals surface area (Å²) in [5.74, 6) is 0.598. The predicted octanol–water partition coefficient (Wildman–Crippen LogP) is 6.36. The molecule has 10 nitrogen and oxygen atoms in total. The van der Waals surface area contributed by atoms with Gasteiger partial charge in [0, 0.05) is 63.0 Å². The number of carboxylic acid groups (broad SMARTS) is 1. The fourth-order valence-electron chi connectivity index (χ4n) is 7.21. The summed E-state index contributed by atoms with van der Waals surface area (Å²) < 4.78 is 0. The van der Waals surface area contributed by atoms with E-state index in [-0.39, 0.29) is 17.7 Å². The van der Waals surface area contributed by atoms with Gasteiger partial charge in [-0.15, -0.1) is 0 Å². The van der Waals surface area contributed by atoms with E-state index >= 15 is 0 Å². The molecule has 0 saturated carbocycles. The fourth-order valence-corrected chi connectivity index (χ4v) is 7.21. The SMILES string of the molecule is CNCCCN1CCc2cc(NCCCCCC(=O)N(C)CCN3CCC(c4cccc(-c5ccccc5)c4NC(=O)O)CC3)ccc2C1=O. The minimum Gasteiger partial charge on any atom is -0.465 e. The van der Waals surface area contributed by atoms with Gasteiger partial charge < -0.3 is 30.4 Å². The third-order valence-corrected chi connectivity index (χ3v) is 10.1. The predicted molar refractivity (Wildman–Crippen MR) is 201 cm³/mol. The average Bonchev–Trinajstić information content (AvgIpc) is 3.13. The molecule has 0 bridgehead atoms. The Bertz CT molecular complexity index is 1570. The van der Waals surface area contributed by atoms with Gasteiger partial charge in [-0.2, -0.15) is 0 Å². The summed E-state index contributed by atoms with van der Waals surface area (Å²) in [6.07, 6.45) is 6.08. The Labute approximate surface area is 297 Å². The van der Waals surface area contributed by atoms with E-state index in [9.17, 15) is 19.5 Å². The van der Waals surface area contributed by atoms with Crippen molar-refractivity contribution in [3.8, 4) is 11.1 Å². The summed E-state index contributed by atoms with van der Waals surface area (Å²) >= 11 is 0. The van der Waals surface area contributed by atoms with Gasteiger partial charge in [0.2, 0.25) is 5.91 Å². The van der Waals surface area contributed by atoms with Crippen molar-refractivity contribution in [2.24, 2.45) is 0 Å². The molecule has 4 N–H and O–H groups in total. The van der Waals surface area contributed by atoms with Crippen molar-refractivity contribution in [1.82, 2.24) is 20.0 Å². The summed E-state index contributed by atoms with van der Waals surface area (Å²) in [6, 6.07) is 22.0. The van der Waals surface area contributed by atoms with Gasteiger partial charge in [-0.3, -0.25) is 14.9 Å². The number of likely N-dealkylation sites (tertiary alicyclic amines) is 1. The first-order valence-corrected chi connectivity index (χ1v) is 18.3. The lowest BCUT2D eigenvalue weighted by Crippen LogP contribution is -2.40. The molecular weight excluding hydrogens is 628 g/mol. The zero-order valence-corrected chi connectivity index (χ0v) is 29.8. The van der Waals surface area contributed by atoms with E-state index in [4.69, 9.17) is 0 Å². The Morgan fingerprint density at radius 3 is 2.44 bits per heavy atom. The highest BCUT2D eigenvalue weighted by molar-refractivity contribution is 5.97. The van der Waals surface area contributed by atoms with Crippen molar-refractivity contribution in [2.75, 3.05) is 77.1 Å². The first-order chi connectivity index (χ1) is 24.3. The number of likely N-dealkylation sites (N-methyl/N-ethyl adjacent to an activating group) is 1. The Kier molecular flexibility index (Phi) is 13.7. The maximum absolute atomic E-state index is 12.9. The first kappa shape index (κ1) is 36.9. The number of amides is 3. The molecule has 5 rings (SSSR count). The number of carbonyl (C=O) groups excluding carboxylic acids is 2. The van der Waals surface area contributed by atoms with Crippen molar-refractivity contribution in [3.63, 3.8) is 0 Å². The van der Waals surface area contributed by atoms with Crippen molar-refractivity contribution in [2.45, 2.75) is 57.3 Å². The van der Waals surface area contributed by atoms with E-state index in [0.29, 0.717) is 18.7 Å². The van der Waals surface area contributed by atoms with Gasteiger partial charge in [-0.25, -0.2) is 4.79 Å². The van der Waals surface area contributed by atoms with Gasteiger partial charge in [-0.1, -0.05) is 55.0 Å². The summed E-state index contributed by atoms with van der Waals surface area (Å²) in [5, 5.41) is 18.9. The van der Waals surface area contributed by atoms with Crippen LogP contribution in [0, 0.1) is 0 Å². The van der Waals surface area contributed by atoms with Gasteiger partial charge in [0.15, 0.2) is 0 Å². The van der Waals surface area contributed by atoms with Gasteiger partial charge in [0.1, 0.15) is 0 Å². The number of hydrogen-bond donors (Lipinski definition) is 4. The summed E-state index contributed by atoms with van der Waals surface area (Å²) in [5.41, 5.74) is 6.64. The smallest absolute Gasteiger partial charge is 0.409 e. The molecule has 268 valence electrons. The number of rotatable bonds is 17. The highest BCUT2D eigenvalue weighted by atomic mass is 16.4. The number of nitrogens with zero attached hydrogens (tertiary/aromatic N) is 3. The van der Waals surface area contributed by atoms with Crippen LogP contribution in [0.3, 0.4) is 0 Å². The average molecular weight is 683 g/mol. The summed E-state index contributed by atoms with van der Waals surface area (Å²) in [7, 11) is 3.84. The number of para-hydroxylation sites is 1. The number of fused-ring (bicyclic) bond motifs is 1. The molecule has 50 heavy (non-hydrogen) atoms. The van der Waals surface area contributed by atoms with Crippen LogP contribution in [0.2, 0.25) is 0 Å². The Hall–Kier alpha value is -4.41. The Balaban J connectivity index is 0.981. The molecule has 3 amide bonds. The topological polar surface area (TPSA) is 117 Å². The normalized spacial score (nSPS) is 15.1. The maximum Gasteiger partial charge on any atom is 0.409 e. The molecule has 0 atom stereocenters. The Morgan fingerprint density at radius 1 is 0.880 bits per heavy atom. The van der Waals surface area contributed by atoms with Crippen LogP contribution in [0.1, 0.15) is 72.3 Å². The second-order valence-corrected chi connectivity index (χ2v) is 13.6. The standard InChI is InChI=1S/C40H54N6O4/c1-41-21-10-23-46-26-20-32-29-33(16-17-36(32)39(46)48)42-22-8-4-7-15-37(47)44(2)27-28-45-24-18-31(19-25-45)35-14-9-13-34(38(35)43-40(49)50)30-11-5-3-6-12-30/h3,5-6,9,11-14,16-17,29,31,41-43H,4,7-8,10,15,18-28H2,1-2H3,(H,49,50). The number of anilines is 2. The van der Waals surface area contributed by atoms with Crippen LogP contribution in [0.15, 0.2) is 66.7 Å².